The molecule has 1 aliphatic rings. The first kappa shape index (κ1) is 12.6. The maximum absolute atomic E-state index is 14.0. The number of carbonyl (C=O) groups is 1. The number of para-hydroxylation sites is 1. The molecule has 0 spiro atoms. The Bertz CT molecular complexity index is 687. The monoisotopic (exact) mass is 272 g/mol. The number of ether oxygens (including phenoxy) is 1. The highest BCUT2D eigenvalue weighted by molar-refractivity contribution is 6.10. The standard InChI is InChI=1S/C15H13FN2O2/c1-20-9-6-7-10-13(8-9)18(15(19)14(10)17)12-5-3-2-4-11(12)16/h2-8,14H,17H2,1H3. The fourth-order valence-electron chi connectivity index (χ4n) is 2.38. The van der Waals surface area contributed by atoms with E-state index >= 15 is 0 Å². The van der Waals surface area contributed by atoms with Crippen LogP contribution in [0, 0.1) is 5.82 Å². The Morgan fingerprint density at radius 3 is 2.65 bits per heavy atom. The SMILES string of the molecule is COc1ccc2c(c1)N(c1ccccc1F)C(=O)C2N. The number of hydrogen-bond donors (Lipinski definition) is 1. The molecule has 1 atom stereocenters. The lowest BCUT2D eigenvalue weighted by molar-refractivity contribution is -0.118. The van der Waals surface area contributed by atoms with Crippen molar-refractivity contribution in [2.75, 3.05) is 12.0 Å². The summed E-state index contributed by atoms with van der Waals surface area (Å²) in [4.78, 5) is 13.6. The summed E-state index contributed by atoms with van der Waals surface area (Å²) in [7, 11) is 1.53. The molecular weight excluding hydrogens is 259 g/mol. The van der Waals surface area contributed by atoms with E-state index < -0.39 is 11.9 Å². The van der Waals surface area contributed by atoms with Crippen LogP contribution in [-0.4, -0.2) is 13.0 Å². The topological polar surface area (TPSA) is 55.6 Å². The number of benzene rings is 2. The van der Waals surface area contributed by atoms with Crippen LogP contribution in [0.3, 0.4) is 0 Å². The predicted octanol–water partition coefficient (Wildman–Crippen LogP) is 2.51. The third-order valence-corrected chi connectivity index (χ3v) is 3.39. The summed E-state index contributed by atoms with van der Waals surface area (Å²) in [6.07, 6.45) is 0. The molecule has 0 fully saturated rings. The Morgan fingerprint density at radius 1 is 1.20 bits per heavy atom. The molecule has 20 heavy (non-hydrogen) atoms. The molecule has 3 rings (SSSR count). The summed E-state index contributed by atoms with van der Waals surface area (Å²) in [6, 6.07) is 10.5. The zero-order valence-electron chi connectivity index (χ0n) is 10.8. The molecule has 1 unspecified atom stereocenters. The molecule has 4 nitrogen and oxygen atoms in total. The van der Waals surface area contributed by atoms with Crippen LogP contribution in [0.1, 0.15) is 11.6 Å². The summed E-state index contributed by atoms with van der Waals surface area (Å²) in [5.74, 6) is -0.228. The normalized spacial score (nSPS) is 17.2. The number of nitrogens with zero attached hydrogens (tertiary/aromatic N) is 1. The summed E-state index contributed by atoms with van der Waals surface area (Å²) in [5, 5.41) is 0. The van der Waals surface area contributed by atoms with Crippen molar-refractivity contribution in [3.05, 3.63) is 53.8 Å². The molecule has 0 radical (unpaired) electrons. The summed E-state index contributed by atoms with van der Waals surface area (Å²) >= 11 is 0. The Balaban J connectivity index is 2.19. The first-order valence-electron chi connectivity index (χ1n) is 6.15. The largest absolute Gasteiger partial charge is 0.497 e. The van der Waals surface area contributed by atoms with Gasteiger partial charge in [-0.25, -0.2) is 4.39 Å². The van der Waals surface area contributed by atoms with Crippen LogP contribution in [0.25, 0.3) is 0 Å². The van der Waals surface area contributed by atoms with E-state index in [4.69, 9.17) is 10.5 Å². The van der Waals surface area contributed by atoms with Gasteiger partial charge in [-0.15, -0.1) is 0 Å². The first-order valence-corrected chi connectivity index (χ1v) is 6.15. The molecule has 0 aliphatic carbocycles. The zero-order valence-corrected chi connectivity index (χ0v) is 10.8. The van der Waals surface area contributed by atoms with Crippen LogP contribution in [0.5, 0.6) is 5.75 Å². The van der Waals surface area contributed by atoms with E-state index in [-0.39, 0.29) is 11.6 Å². The van der Waals surface area contributed by atoms with Crippen molar-refractivity contribution in [2.24, 2.45) is 5.73 Å². The number of halogens is 1. The van der Waals surface area contributed by atoms with Gasteiger partial charge in [0.1, 0.15) is 17.6 Å². The zero-order chi connectivity index (χ0) is 14.3. The lowest BCUT2D eigenvalue weighted by atomic mass is 10.1. The second-order valence-corrected chi connectivity index (χ2v) is 4.53. The van der Waals surface area contributed by atoms with E-state index in [0.29, 0.717) is 17.0 Å². The van der Waals surface area contributed by atoms with Gasteiger partial charge in [0.25, 0.3) is 5.91 Å². The van der Waals surface area contributed by atoms with Crippen molar-refractivity contribution in [1.82, 2.24) is 0 Å². The average Bonchev–Trinajstić information content (AvgIpc) is 2.71. The highest BCUT2D eigenvalue weighted by Crippen LogP contribution is 2.42. The van der Waals surface area contributed by atoms with E-state index in [9.17, 15) is 9.18 Å². The summed E-state index contributed by atoms with van der Waals surface area (Å²) < 4.78 is 19.1. The summed E-state index contributed by atoms with van der Waals surface area (Å²) in [5.41, 5.74) is 7.33. The average molecular weight is 272 g/mol. The Hall–Kier alpha value is -2.40. The number of nitrogens with two attached hydrogens (primary N) is 1. The van der Waals surface area contributed by atoms with E-state index in [1.54, 1.807) is 36.4 Å². The Kier molecular flexibility index (Phi) is 2.91. The van der Waals surface area contributed by atoms with Gasteiger partial charge in [0.05, 0.1) is 18.5 Å². The lowest BCUT2D eigenvalue weighted by Crippen LogP contribution is -2.28. The minimum Gasteiger partial charge on any atom is -0.497 e. The second kappa shape index (κ2) is 4.61. The van der Waals surface area contributed by atoms with Crippen LogP contribution in [0.2, 0.25) is 0 Å². The van der Waals surface area contributed by atoms with E-state index in [2.05, 4.69) is 0 Å². The highest BCUT2D eigenvalue weighted by Gasteiger charge is 2.37. The number of hydrogen-bond acceptors (Lipinski definition) is 3. The molecule has 2 N–H and O–H groups in total. The van der Waals surface area contributed by atoms with Crippen LogP contribution >= 0.6 is 0 Å². The van der Waals surface area contributed by atoms with Gasteiger partial charge in [0.15, 0.2) is 0 Å². The third-order valence-electron chi connectivity index (χ3n) is 3.39. The van der Waals surface area contributed by atoms with E-state index in [0.717, 1.165) is 0 Å². The number of anilines is 2. The maximum Gasteiger partial charge on any atom is 0.253 e. The quantitative estimate of drug-likeness (QED) is 0.914. The van der Waals surface area contributed by atoms with Crippen LogP contribution in [0.15, 0.2) is 42.5 Å². The van der Waals surface area contributed by atoms with E-state index in [1.165, 1.54) is 18.1 Å². The van der Waals surface area contributed by atoms with Gasteiger partial charge < -0.3 is 10.5 Å². The fourth-order valence-corrected chi connectivity index (χ4v) is 2.38. The number of fused-ring (bicyclic) bond motifs is 1. The molecular formula is C15H13FN2O2. The second-order valence-electron chi connectivity index (χ2n) is 4.53. The molecule has 5 heteroatoms. The molecule has 2 aromatic rings. The molecule has 0 bridgehead atoms. The van der Waals surface area contributed by atoms with Crippen molar-refractivity contribution in [1.29, 1.82) is 0 Å². The van der Waals surface area contributed by atoms with Crippen molar-refractivity contribution in [2.45, 2.75) is 6.04 Å². The summed E-state index contributed by atoms with van der Waals surface area (Å²) in [6.45, 7) is 0. The van der Waals surface area contributed by atoms with Gasteiger partial charge in [-0.3, -0.25) is 9.69 Å². The molecule has 1 heterocycles. The molecule has 1 aliphatic heterocycles. The number of methoxy groups -OCH3 is 1. The van der Waals surface area contributed by atoms with Crippen LogP contribution < -0.4 is 15.4 Å². The number of rotatable bonds is 2. The maximum atomic E-state index is 14.0. The van der Waals surface area contributed by atoms with Crippen molar-refractivity contribution in [3.8, 4) is 5.75 Å². The minimum atomic E-state index is -0.782. The molecule has 102 valence electrons. The molecule has 0 saturated carbocycles. The van der Waals surface area contributed by atoms with Crippen LogP contribution in [-0.2, 0) is 4.79 Å². The van der Waals surface area contributed by atoms with Crippen LogP contribution in [0.4, 0.5) is 15.8 Å². The molecule has 1 amide bonds. The predicted molar refractivity (Wildman–Crippen MR) is 73.5 cm³/mol. The Labute approximate surface area is 115 Å². The van der Waals surface area contributed by atoms with Crippen molar-refractivity contribution >= 4 is 17.3 Å². The van der Waals surface area contributed by atoms with Gasteiger partial charge in [0, 0.05) is 11.6 Å². The lowest BCUT2D eigenvalue weighted by Gasteiger charge is -2.18. The smallest absolute Gasteiger partial charge is 0.253 e. The van der Waals surface area contributed by atoms with Gasteiger partial charge in [0.2, 0.25) is 0 Å². The van der Waals surface area contributed by atoms with Crippen molar-refractivity contribution in [3.63, 3.8) is 0 Å². The minimum absolute atomic E-state index is 0.194. The van der Waals surface area contributed by atoms with E-state index in [1.807, 2.05) is 0 Å². The number of amides is 1. The Morgan fingerprint density at radius 2 is 1.95 bits per heavy atom. The van der Waals surface area contributed by atoms with Crippen molar-refractivity contribution < 1.29 is 13.9 Å². The van der Waals surface area contributed by atoms with Gasteiger partial charge in [-0.1, -0.05) is 18.2 Å². The van der Waals surface area contributed by atoms with Gasteiger partial charge >= 0.3 is 0 Å². The highest BCUT2D eigenvalue weighted by atomic mass is 19.1. The molecule has 0 saturated heterocycles. The number of carbonyl (C=O) groups excluding carboxylic acids is 1. The third kappa shape index (κ3) is 1.75. The molecule has 2 aromatic carbocycles. The van der Waals surface area contributed by atoms with Gasteiger partial charge in [-0.2, -0.15) is 0 Å². The fraction of sp³-hybridized carbons (Fsp3) is 0.133. The first-order chi connectivity index (χ1) is 9.63. The van der Waals surface area contributed by atoms with Gasteiger partial charge in [-0.05, 0) is 18.2 Å². The molecule has 0 aromatic heterocycles.